The van der Waals surface area contributed by atoms with Crippen molar-refractivity contribution in [2.45, 2.75) is 62.7 Å². The molecule has 2 fully saturated rings. The van der Waals surface area contributed by atoms with Crippen molar-refractivity contribution >= 4 is 10.0 Å². The first-order valence-corrected chi connectivity index (χ1v) is 7.04. The molecule has 82 valence electrons. The average Bonchev–Trinajstić information content (AvgIpc) is 2.86. The third kappa shape index (κ3) is 1.96. The molecule has 0 amide bonds. The summed E-state index contributed by atoms with van der Waals surface area (Å²) in [4.78, 5) is 0. The monoisotopic (exact) mass is 217 g/mol. The van der Waals surface area contributed by atoms with E-state index in [2.05, 4.69) is 4.72 Å². The molecule has 1 N–H and O–H groups in total. The molecule has 14 heavy (non-hydrogen) atoms. The van der Waals surface area contributed by atoms with Crippen molar-refractivity contribution in [2.75, 3.05) is 0 Å². The van der Waals surface area contributed by atoms with Gasteiger partial charge in [-0.1, -0.05) is 19.3 Å². The lowest BCUT2D eigenvalue weighted by atomic mass is 9.96. The van der Waals surface area contributed by atoms with Crippen LogP contribution < -0.4 is 4.72 Å². The van der Waals surface area contributed by atoms with Gasteiger partial charge in [-0.25, -0.2) is 13.1 Å². The van der Waals surface area contributed by atoms with Gasteiger partial charge in [0.1, 0.15) is 0 Å². The molecule has 2 aliphatic carbocycles. The summed E-state index contributed by atoms with van der Waals surface area (Å²) >= 11 is 0. The minimum Gasteiger partial charge on any atom is -0.212 e. The van der Waals surface area contributed by atoms with E-state index in [9.17, 15) is 8.42 Å². The number of nitrogens with one attached hydrogen (secondary N) is 1. The molecule has 0 aromatic carbocycles. The first-order valence-electron chi connectivity index (χ1n) is 5.55. The van der Waals surface area contributed by atoms with Gasteiger partial charge in [-0.3, -0.25) is 0 Å². The van der Waals surface area contributed by atoms with Crippen LogP contribution in [0, 0.1) is 0 Å². The average molecular weight is 217 g/mol. The van der Waals surface area contributed by atoms with Gasteiger partial charge in [-0.05, 0) is 32.6 Å². The SMILES string of the molecule is CC1(S(=O)(=O)NC2CCCCC2)CC1. The van der Waals surface area contributed by atoms with Crippen molar-refractivity contribution in [1.82, 2.24) is 4.72 Å². The van der Waals surface area contributed by atoms with Crippen LogP contribution in [0.4, 0.5) is 0 Å². The van der Waals surface area contributed by atoms with Crippen LogP contribution in [-0.4, -0.2) is 19.2 Å². The molecule has 0 heterocycles. The maximum absolute atomic E-state index is 11.9. The third-order valence-corrected chi connectivity index (χ3v) is 5.88. The van der Waals surface area contributed by atoms with E-state index in [1.165, 1.54) is 19.3 Å². The first kappa shape index (κ1) is 10.4. The maximum Gasteiger partial charge on any atom is 0.217 e. The summed E-state index contributed by atoms with van der Waals surface area (Å²) in [5, 5.41) is 0. The summed E-state index contributed by atoms with van der Waals surface area (Å²) in [6.07, 6.45) is 7.30. The zero-order valence-corrected chi connectivity index (χ0v) is 9.57. The molecule has 0 saturated heterocycles. The standard InChI is InChI=1S/C10H19NO2S/c1-10(7-8-10)14(12,13)11-9-5-3-2-4-6-9/h9,11H,2-8H2,1H3. The fourth-order valence-electron chi connectivity index (χ4n) is 2.03. The second-order valence-electron chi connectivity index (χ2n) is 4.91. The van der Waals surface area contributed by atoms with Crippen LogP contribution in [0.3, 0.4) is 0 Å². The normalized spacial score (nSPS) is 27.5. The van der Waals surface area contributed by atoms with Gasteiger partial charge in [-0.15, -0.1) is 0 Å². The molecule has 0 aromatic heterocycles. The predicted molar refractivity (Wildman–Crippen MR) is 56.6 cm³/mol. The molecule has 2 rings (SSSR count). The number of hydrogen-bond donors (Lipinski definition) is 1. The van der Waals surface area contributed by atoms with Gasteiger partial charge >= 0.3 is 0 Å². The van der Waals surface area contributed by atoms with Crippen LogP contribution >= 0.6 is 0 Å². The van der Waals surface area contributed by atoms with Crippen molar-refractivity contribution < 1.29 is 8.42 Å². The maximum atomic E-state index is 11.9. The number of hydrogen-bond acceptors (Lipinski definition) is 2. The molecule has 0 aromatic rings. The Morgan fingerprint density at radius 3 is 2.21 bits per heavy atom. The van der Waals surface area contributed by atoms with Crippen LogP contribution in [-0.2, 0) is 10.0 Å². The van der Waals surface area contributed by atoms with Crippen LogP contribution in [0.5, 0.6) is 0 Å². The number of sulfonamides is 1. The molecule has 2 aliphatic rings. The summed E-state index contributed by atoms with van der Waals surface area (Å²) < 4.78 is 26.2. The Balaban J connectivity index is 1.95. The van der Waals surface area contributed by atoms with Crippen molar-refractivity contribution in [3.63, 3.8) is 0 Å². The fourth-order valence-corrected chi connectivity index (χ4v) is 3.63. The van der Waals surface area contributed by atoms with Crippen LogP contribution in [0.1, 0.15) is 51.9 Å². The highest BCUT2D eigenvalue weighted by Crippen LogP contribution is 2.42. The van der Waals surface area contributed by atoms with E-state index in [0.717, 1.165) is 25.7 Å². The second kappa shape index (κ2) is 3.49. The number of rotatable bonds is 3. The van der Waals surface area contributed by atoms with Gasteiger partial charge in [0.05, 0.1) is 4.75 Å². The highest BCUT2D eigenvalue weighted by Gasteiger charge is 2.50. The summed E-state index contributed by atoms with van der Waals surface area (Å²) in [5.41, 5.74) is 0. The Kier molecular flexibility index (Phi) is 2.60. The molecule has 0 unspecified atom stereocenters. The van der Waals surface area contributed by atoms with Gasteiger partial charge < -0.3 is 0 Å². The molecular formula is C10H19NO2S. The van der Waals surface area contributed by atoms with Crippen LogP contribution in [0.25, 0.3) is 0 Å². The van der Waals surface area contributed by atoms with Gasteiger partial charge in [0.25, 0.3) is 0 Å². The zero-order chi connectivity index (χ0) is 10.2. The lowest BCUT2D eigenvalue weighted by Gasteiger charge is -2.24. The lowest BCUT2D eigenvalue weighted by Crippen LogP contribution is -2.41. The van der Waals surface area contributed by atoms with Gasteiger partial charge in [0.2, 0.25) is 10.0 Å². The zero-order valence-electron chi connectivity index (χ0n) is 8.75. The minimum absolute atomic E-state index is 0.214. The summed E-state index contributed by atoms with van der Waals surface area (Å²) in [6, 6.07) is 0.214. The van der Waals surface area contributed by atoms with E-state index in [4.69, 9.17) is 0 Å². The quantitative estimate of drug-likeness (QED) is 0.783. The molecular weight excluding hydrogens is 198 g/mol. The van der Waals surface area contributed by atoms with Crippen molar-refractivity contribution in [3.05, 3.63) is 0 Å². The molecule has 0 atom stereocenters. The van der Waals surface area contributed by atoms with E-state index in [1.54, 1.807) is 0 Å². The van der Waals surface area contributed by atoms with Crippen LogP contribution in [0.2, 0.25) is 0 Å². The van der Waals surface area contributed by atoms with Crippen molar-refractivity contribution in [3.8, 4) is 0 Å². The predicted octanol–water partition coefficient (Wildman–Crippen LogP) is 1.79. The van der Waals surface area contributed by atoms with Gasteiger partial charge in [0.15, 0.2) is 0 Å². The van der Waals surface area contributed by atoms with E-state index in [0.29, 0.717) is 0 Å². The fraction of sp³-hybridized carbons (Fsp3) is 1.00. The van der Waals surface area contributed by atoms with E-state index >= 15 is 0 Å². The van der Waals surface area contributed by atoms with Crippen molar-refractivity contribution in [1.29, 1.82) is 0 Å². The van der Waals surface area contributed by atoms with E-state index in [-0.39, 0.29) is 6.04 Å². The smallest absolute Gasteiger partial charge is 0.212 e. The first-order chi connectivity index (χ1) is 6.54. The second-order valence-corrected chi connectivity index (χ2v) is 7.13. The Morgan fingerprint density at radius 2 is 1.71 bits per heavy atom. The Bertz CT molecular complexity index is 300. The topological polar surface area (TPSA) is 46.2 Å². The van der Waals surface area contributed by atoms with E-state index in [1.807, 2.05) is 6.92 Å². The molecule has 3 nitrogen and oxygen atoms in total. The Hall–Kier alpha value is -0.0900. The van der Waals surface area contributed by atoms with Crippen molar-refractivity contribution in [2.24, 2.45) is 0 Å². The lowest BCUT2D eigenvalue weighted by molar-refractivity contribution is 0.410. The Morgan fingerprint density at radius 1 is 1.14 bits per heavy atom. The van der Waals surface area contributed by atoms with Gasteiger partial charge in [0, 0.05) is 6.04 Å². The molecule has 0 bridgehead atoms. The highest BCUT2D eigenvalue weighted by molar-refractivity contribution is 7.91. The van der Waals surface area contributed by atoms with E-state index < -0.39 is 14.8 Å². The molecule has 0 spiro atoms. The molecule has 4 heteroatoms. The third-order valence-electron chi connectivity index (χ3n) is 3.53. The largest absolute Gasteiger partial charge is 0.217 e. The molecule has 0 radical (unpaired) electrons. The molecule has 0 aliphatic heterocycles. The summed E-state index contributed by atoms with van der Waals surface area (Å²) in [5.74, 6) is 0. The summed E-state index contributed by atoms with van der Waals surface area (Å²) in [6.45, 7) is 1.85. The van der Waals surface area contributed by atoms with Crippen LogP contribution in [0.15, 0.2) is 0 Å². The Labute approximate surface area is 86.3 Å². The summed E-state index contributed by atoms with van der Waals surface area (Å²) in [7, 11) is -3.04. The highest BCUT2D eigenvalue weighted by atomic mass is 32.2. The molecule has 2 saturated carbocycles. The minimum atomic E-state index is -3.04. The van der Waals surface area contributed by atoms with Gasteiger partial charge in [-0.2, -0.15) is 0 Å².